The number of imidazole rings is 2. The lowest BCUT2D eigenvalue weighted by atomic mass is 10.1. The van der Waals surface area contributed by atoms with Crippen molar-refractivity contribution in [2.24, 2.45) is 0 Å². The van der Waals surface area contributed by atoms with Gasteiger partial charge in [-0.25, -0.2) is 19.6 Å². The lowest BCUT2D eigenvalue weighted by molar-refractivity contribution is -0.135. The molecule has 14 nitrogen and oxygen atoms in total. The Labute approximate surface area is 311 Å². The number of ether oxygens (including phenoxy) is 2. The molecule has 0 saturated carbocycles. The molecule has 2 saturated heterocycles. The number of aromatic amines is 2. The molecule has 0 aliphatic carbocycles. The molecule has 0 spiro atoms. The van der Waals surface area contributed by atoms with Crippen LogP contribution < -0.4 is 10.6 Å². The zero-order chi connectivity index (χ0) is 37.6. The Balaban J connectivity index is 1.06. The van der Waals surface area contributed by atoms with E-state index in [4.69, 9.17) is 14.5 Å². The van der Waals surface area contributed by atoms with Crippen molar-refractivity contribution in [1.29, 1.82) is 0 Å². The molecule has 54 heavy (non-hydrogen) atoms. The molecule has 0 unspecified atom stereocenters. The van der Waals surface area contributed by atoms with E-state index in [0.29, 0.717) is 48.0 Å². The zero-order valence-corrected chi connectivity index (χ0v) is 29.9. The zero-order valence-electron chi connectivity index (χ0n) is 29.9. The molecule has 7 rings (SSSR count). The smallest absolute Gasteiger partial charge is 0.407 e. The van der Waals surface area contributed by atoms with Crippen LogP contribution in [-0.4, -0.2) is 81.0 Å². The predicted octanol–water partition coefficient (Wildman–Crippen LogP) is 5.21. The van der Waals surface area contributed by atoms with Crippen LogP contribution in [0.2, 0.25) is 0 Å². The Morgan fingerprint density at radius 3 is 1.85 bits per heavy atom. The van der Waals surface area contributed by atoms with Crippen molar-refractivity contribution in [3.63, 3.8) is 0 Å². The number of alkyl carbamates (subject to hydrolysis) is 2. The van der Waals surface area contributed by atoms with E-state index < -0.39 is 24.3 Å². The molecule has 2 aliphatic rings. The molecule has 3 aromatic carbocycles. The van der Waals surface area contributed by atoms with Crippen molar-refractivity contribution < 1.29 is 28.7 Å². The van der Waals surface area contributed by atoms with Crippen molar-refractivity contribution in [2.45, 2.75) is 49.9 Å². The van der Waals surface area contributed by atoms with Gasteiger partial charge >= 0.3 is 12.2 Å². The van der Waals surface area contributed by atoms with Crippen LogP contribution in [0.4, 0.5) is 9.59 Å². The van der Waals surface area contributed by atoms with Gasteiger partial charge in [-0.2, -0.15) is 0 Å². The van der Waals surface area contributed by atoms with E-state index in [1.54, 1.807) is 40.3 Å². The highest BCUT2D eigenvalue weighted by molar-refractivity contribution is 5.88. The molecule has 2 aromatic heterocycles. The summed E-state index contributed by atoms with van der Waals surface area (Å²) < 4.78 is 9.61. The van der Waals surface area contributed by atoms with Gasteiger partial charge in [0, 0.05) is 18.7 Å². The van der Waals surface area contributed by atoms with Gasteiger partial charge in [0.05, 0.1) is 43.5 Å². The standard InChI is InChI=1S/C40H40N8O6/c1-53-39(51)45-33(26-11-5-3-6-12-26)37(49)47-21-9-15-31(47)35-41-24-28(42-35)19-17-25-18-20-29-30(23-25)44-36(43-29)32-16-10-22-48(32)38(50)34(46-40(52)54-2)27-13-7-4-8-14-27/h3-8,11-14,18,20,23-24,31-34H,9-10,15-16,21-22H2,1-2H3,(H,41,42)(H,43,44)(H,45,51)(H,46,52)/t31-,32-,33+,34+/m0/s1. The quantitative estimate of drug-likeness (QED) is 0.158. The van der Waals surface area contributed by atoms with Gasteiger partial charge in [-0.1, -0.05) is 66.6 Å². The second kappa shape index (κ2) is 16.0. The SMILES string of the molecule is COC(=O)N[C@@H](C(=O)N1CCC[C@H]1c1ncc(C#Cc2ccc3nc([C@@H]4CCCN4C(=O)[C@H](NC(=O)OC)c4ccccc4)[nH]c3c2)[nH]1)c1ccccc1. The normalized spacial score (nSPS) is 17.7. The van der Waals surface area contributed by atoms with Crippen LogP contribution in [-0.2, 0) is 19.1 Å². The second-order valence-electron chi connectivity index (χ2n) is 13.1. The number of carbonyl (C=O) groups excluding carboxylic acids is 4. The molecule has 2 aliphatic heterocycles. The summed E-state index contributed by atoms with van der Waals surface area (Å²) >= 11 is 0. The average Bonchev–Trinajstić information content (AvgIpc) is 4.04. The third-order valence-corrected chi connectivity index (χ3v) is 9.80. The minimum Gasteiger partial charge on any atom is -0.453 e. The van der Waals surface area contributed by atoms with E-state index in [1.807, 2.05) is 54.6 Å². The Kier molecular flexibility index (Phi) is 10.6. The van der Waals surface area contributed by atoms with Crippen molar-refractivity contribution in [2.75, 3.05) is 27.3 Å². The number of amides is 4. The Hall–Kier alpha value is -6.62. The first-order valence-electron chi connectivity index (χ1n) is 17.8. The first kappa shape index (κ1) is 35.8. The van der Waals surface area contributed by atoms with Gasteiger partial charge in [-0.05, 0) is 60.9 Å². The summed E-state index contributed by atoms with van der Waals surface area (Å²) in [4.78, 5) is 71.7. The minimum atomic E-state index is -0.904. The molecule has 0 bridgehead atoms. The van der Waals surface area contributed by atoms with Crippen LogP contribution in [0.5, 0.6) is 0 Å². The van der Waals surface area contributed by atoms with E-state index in [2.05, 4.69) is 37.4 Å². The first-order valence-corrected chi connectivity index (χ1v) is 17.8. The van der Waals surface area contributed by atoms with Gasteiger partial charge in [-0.15, -0.1) is 0 Å². The topological polar surface area (TPSA) is 175 Å². The van der Waals surface area contributed by atoms with Crippen molar-refractivity contribution in [3.05, 3.63) is 119 Å². The highest BCUT2D eigenvalue weighted by Gasteiger charge is 2.38. The molecule has 14 heteroatoms. The third kappa shape index (κ3) is 7.61. The van der Waals surface area contributed by atoms with Crippen molar-refractivity contribution in [3.8, 4) is 11.8 Å². The molecule has 2 fully saturated rings. The fourth-order valence-electron chi connectivity index (χ4n) is 7.15. The highest BCUT2D eigenvalue weighted by atomic mass is 16.5. The molecular formula is C40H40N8O6. The van der Waals surface area contributed by atoms with Gasteiger partial charge < -0.3 is 39.9 Å². The second-order valence-corrected chi connectivity index (χ2v) is 13.1. The number of benzene rings is 3. The van der Waals surface area contributed by atoms with Crippen molar-refractivity contribution in [1.82, 2.24) is 40.4 Å². The number of hydrogen-bond donors (Lipinski definition) is 4. The third-order valence-electron chi connectivity index (χ3n) is 9.80. The highest BCUT2D eigenvalue weighted by Crippen LogP contribution is 2.35. The summed E-state index contributed by atoms with van der Waals surface area (Å²) in [7, 11) is 2.53. The number of methoxy groups -OCH3 is 2. The molecule has 5 aromatic rings. The van der Waals surface area contributed by atoms with E-state index >= 15 is 0 Å². The Morgan fingerprint density at radius 2 is 1.30 bits per heavy atom. The fraction of sp³-hybridized carbons (Fsp3) is 0.300. The molecule has 276 valence electrons. The minimum absolute atomic E-state index is 0.237. The maximum atomic E-state index is 13.9. The first-order chi connectivity index (χ1) is 26.3. The maximum Gasteiger partial charge on any atom is 0.407 e. The summed E-state index contributed by atoms with van der Waals surface area (Å²) in [5.41, 5.74) is 4.18. The van der Waals surface area contributed by atoms with Crippen LogP contribution in [0.15, 0.2) is 85.1 Å². The lowest BCUT2D eigenvalue weighted by Gasteiger charge is -2.28. The van der Waals surface area contributed by atoms with Crippen molar-refractivity contribution >= 4 is 35.0 Å². The summed E-state index contributed by atoms with van der Waals surface area (Å²) in [5, 5.41) is 5.38. The predicted molar refractivity (Wildman–Crippen MR) is 197 cm³/mol. The van der Waals surface area contributed by atoms with Crippen LogP contribution in [0.25, 0.3) is 11.0 Å². The number of nitrogens with one attached hydrogen (secondary N) is 4. The summed E-state index contributed by atoms with van der Waals surface area (Å²) in [6.45, 7) is 1.05. The number of nitrogens with zero attached hydrogens (tertiary/aromatic N) is 4. The number of rotatable bonds is 8. The van der Waals surface area contributed by atoms with Crippen LogP contribution >= 0.6 is 0 Å². The van der Waals surface area contributed by atoms with E-state index in [-0.39, 0.29) is 23.9 Å². The molecule has 4 amide bonds. The largest absolute Gasteiger partial charge is 0.453 e. The van der Waals surface area contributed by atoms with Gasteiger partial charge in [0.2, 0.25) is 0 Å². The molecule has 4 N–H and O–H groups in total. The maximum absolute atomic E-state index is 13.9. The lowest BCUT2D eigenvalue weighted by Crippen LogP contribution is -2.42. The van der Waals surface area contributed by atoms with E-state index in [9.17, 15) is 19.2 Å². The number of aromatic nitrogens is 4. The van der Waals surface area contributed by atoms with Gasteiger partial charge in [0.25, 0.3) is 11.8 Å². The van der Waals surface area contributed by atoms with Gasteiger partial charge in [0.1, 0.15) is 29.4 Å². The number of hydrogen-bond acceptors (Lipinski definition) is 8. The summed E-state index contributed by atoms with van der Waals surface area (Å²) in [6.07, 6.45) is 3.29. The van der Waals surface area contributed by atoms with Gasteiger partial charge in [0.15, 0.2) is 0 Å². The molecule has 4 atom stereocenters. The Bertz CT molecular complexity index is 2210. The number of likely N-dealkylation sites (tertiary alicyclic amines) is 2. The molecule has 0 radical (unpaired) electrons. The average molecular weight is 729 g/mol. The van der Waals surface area contributed by atoms with Crippen LogP contribution in [0, 0.1) is 11.8 Å². The van der Waals surface area contributed by atoms with E-state index in [1.165, 1.54) is 14.2 Å². The van der Waals surface area contributed by atoms with Crippen LogP contribution in [0.1, 0.15) is 83.9 Å². The van der Waals surface area contributed by atoms with Gasteiger partial charge in [-0.3, -0.25) is 9.59 Å². The summed E-state index contributed by atoms with van der Waals surface area (Å²) in [6, 6.07) is 21.5. The van der Waals surface area contributed by atoms with Crippen LogP contribution in [0.3, 0.4) is 0 Å². The van der Waals surface area contributed by atoms with E-state index in [0.717, 1.165) is 35.9 Å². The summed E-state index contributed by atoms with van der Waals surface area (Å²) in [5.74, 6) is 7.15. The Morgan fingerprint density at radius 1 is 0.741 bits per heavy atom. The number of carbonyl (C=O) groups is 4. The fourth-order valence-corrected chi connectivity index (χ4v) is 7.15. The number of H-pyrrole nitrogens is 2. The molecule has 4 heterocycles. The number of fused-ring (bicyclic) bond motifs is 1. The molecular weight excluding hydrogens is 688 g/mol. The monoisotopic (exact) mass is 728 g/mol.